The average molecular weight is 239 g/mol. The molecule has 1 N–H and O–H groups in total. The van der Waals surface area contributed by atoms with Gasteiger partial charge in [0.25, 0.3) is 0 Å². The van der Waals surface area contributed by atoms with Crippen molar-refractivity contribution in [1.29, 1.82) is 0 Å². The molecule has 0 spiro atoms. The van der Waals surface area contributed by atoms with E-state index in [-0.39, 0.29) is 12.6 Å². The summed E-state index contributed by atoms with van der Waals surface area (Å²) in [5, 5.41) is 13.2. The van der Waals surface area contributed by atoms with Crippen LogP contribution in [0.15, 0.2) is 4.52 Å². The van der Waals surface area contributed by atoms with Gasteiger partial charge in [0.2, 0.25) is 5.89 Å². The minimum atomic E-state index is 0.219. The predicted octanol–water partition coefficient (Wildman–Crippen LogP) is 1.37. The molecular formula is C12H21N3O2. The van der Waals surface area contributed by atoms with Crippen LogP contribution in [0.2, 0.25) is 0 Å². The van der Waals surface area contributed by atoms with E-state index in [1.807, 2.05) is 0 Å². The summed E-state index contributed by atoms with van der Waals surface area (Å²) in [6, 6.07) is 0.265. The maximum atomic E-state index is 9.23. The SMILES string of the molecule is CCCCc1noc(CN2CCCC2CO)n1. The minimum absolute atomic E-state index is 0.219. The largest absolute Gasteiger partial charge is 0.395 e. The zero-order chi connectivity index (χ0) is 12.1. The highest BCUT2D eigenvalue weighted by molar-refractivity contribution is 4.89. The second-order valence-electron chi connectivity index (χ2n) is 4.66. The third-order valence-corrected chi connectivity index (χ3v) is 3.31. The molecule has 0 aromatic carbocycles. The molecule has 2 heterocycles. The first kappa shape index (κ1) is 12.5. The van der Waals surface area contributed by atoms with Crippen molar-refractivity contribution >= 4 is 0 Å². The van der Waals surface area contributed by atoms with Gasteiger partial charge in [-0.1, -0.05) is 18.5 Å². The van der Waals surface area contributed by atoms with E-state index in [9.17, 15) is 5.11 Å². The van der Waals surface area contributed by atoms with Crippen LogP contribution < -0.4 is 0 Å². The van der Waals surface area contributed by atoms with Crippen LogP contribution in [0.25, 0.3) is 0 Å². The molecule has 0 saturated carbocycles. The Kier molecular flexibility index (Phi) is 4.50. The van der Waals surface area contributed by atoms with Crippen molar-refractivity contribution in [2.45, 2.75) is 51.6 Å². The van der Waals surface area contributed by atoms with E-state index in [1.165, 1.54) is 0 Å². The number of aliphatic hydroxyl groups excluding tert-OH is 1. The quantitative estimate of drug-likeness (QED) is 0.812. The summed E-state index contributed by atoms with van der Waals surface area (Å²) in [6.45, 7) is 4.05. The summed E-state index contributed by atoms with van der Waals surface area (Å²) >= 11 is 0. The van der Waals surface area contributed by atoms with Gasteiger partial charge in [0.05, 0.1) is 13.2 Å². The molecule has 1 fully saturated rings. The minimum Gasteiger partial charge on any atom is -0.395 e. The summed E-state index contributed by atoms with van der Waals surface area (Å²) < 4.78 is 5.23. The molecule has 5 heteroatoms. The Morgan fingerprint density at radius 3 is 3.18 bits per heavy atom. The summed E-state index contributed by atoms with van der Waals surface area (Å²) in [6.07, 6.45) is 5.34. The van der Waals surface area contributed by atoms with Crippen LogP contribution in [-0.4, -0.2) is 39.3 Å². The zero-order valence-electron chi connectivity index (χ0n) is 10.4. The smallest absolute Gasteiger partial charge is 0.240 e. The van der Waals surface area contributed by atoms with Crippen molar-refractivity contribution in [3.63, 3.8) is 0 Å². The summed E-state index contributed by atoms with van der Waals surface area (Å²) in [5.74, 6) is 1.48. The van der Waals surface area contributed by atoms with Crippen molar-refractivity contribution in [3.8, 4) is 0 Å². The van der Waals surface area contributed by atoms with E-state index in [2.05, 4.69) is 22.0 Å². The van der Waals surface area contributed by atoms with E-state index in [0.29, 0.717) is 12.4 Å². The molecular weight excluding hydrogens is 218 g/mol. The highest BCUT2D eigenvalue weighted by atomic mass is 16.5. The Morgan fingerprint density at radius 2 is 2.41 bits per heavy atom. The number of rotatable bonds is 6. The molecule has 1 aliphatic rings. The molecule has 1 unspecified atom stereocenters. The number of hydrogen-bond acceptors (Lipinski definition) is 5. The molecule has 0 amide bonds. The lowest BCUT2D eigenvalue weighted by Gasteiger charge is -2.20. The highest BCUT2D eigenvalue weighted by Crippen LogP contribution is 2.19. The van der Waals surface area contributed by atoms with Gasteiger partial charge in [-0.2, -0.15) is 4.98 Å². The first-order valence-electron chi connectivity index (χ1n) is 6.50. The maximum Gasteiger partial charge on any atom is 0.240 e. The Balaban J connectivity index is 1.87. The van der Waals surface area contributed by atoms with E-state index >= 15 is 0 Å². The molecule has 0 bridgehead atoms. The fourth-order valence-electron chi connectivity index (χ4n) is 2.27. The molecule has 1 atom stereocenters. The monoisotopic (exact) mass is 239 g/mol. The van der Waals surface area contributed by atoms with Crippen LogP contribution in [0.5, 0.6) is 0 Å². The standard InChI is InChI=1S/C12H21N3O2/c1-2-3-6-11-13-12(17-14-11)8-15-7-4-5-10(15)9-16/h10,16H,2-9H2,1H3. The molecule has 2 rings (SSSR count). The van der Waals surface area contributed by atoms with Gasteiger partial charge in [0, 0.05) is 12.5 Å². The molecule has 1 aliphatic heterocycles. The Labute approximate surface area is 102 Å². The molecule has 17 heavy (non-hydrogen) atoms. The summed E-state index contributed by atoms with van der Waals surface area (Å²) in [5.41, 5.74) is 0. The van der Waals surface area contributed by atoms with Crippen molar-refractivity contribution < 1.29 is 9.63 Å². The topological polar surface area (TPSA) is 62.4 Å². The van der Waals surface area contributed by atoms with E-state index in [4.69, 9.17) is 4.52 Å². The van der Waals surface area contributed by atoms with Gasteiger partial charge in [0.1, 0.15) is 0 Å². The normalized spacial score (nSPS) is 21.2. The van der Waals surface area contributed by atoms with Crippen LogP contribution in [0, 0.1) is 0 Å². The summed E-state index contributed by atoms with van der Waals surface area (Å²) in [7, 11) is 0. The summed E-state index contributed by atoms with van der Waals surface area (Å²) in [4.78, 5) is 6.60. The Morgan fingerprint density at radius 1 is 1.53 bits per heavy atom. The maximum absolute atomic E-state index is 9.23. The lowest BCUT2D eigenvalue weighted by molar-refractivity contribution is 0.141. The van der Waals surface area contributed by atoms with Crippen molar-refractivity contribution in [2.75, 3.05) is 13.2 Å². The number of hydrogen-bond donors (Lipinski definition) is 1. The molecule has 0 radical (unpaired) electrons. The van der Waals surface area contributed by atoms with Gasteiger partial charge < -0.3 is 9.63 Å². The molecule has 1 aromatic heterocycles. The highest BCUT2D eigenvalue weighted by Gasteiger charge is 2.25. The van der Waals surface area contributed by atoms with Gasteiger partial charge >= 0.3 is 0 Å². The molecule has 1 saturated heterocycles. The van der Waals surface area contributed by atoms with Crippen molar-refractivity contribution in [2.24, 2.45) is 0 Å². The van der Waals surface area contributed by atoms with Gasteiger partial charge in [0.15, 0.2) is 5.82 Å². The number of nitrogens with zero attached hydrogens (tertiary/aromatic N) is 3. The van der Waals surface area contributed by atoms with Gasteiger partial charge in [-0.25, -0.2) is 0 Å². The first-order chi connectivity index (χ1) is 8.33. The second kappa shape index (κ2) is 6.12. The van der Waals surface area contributed by atoms with E-state index < -0.39 is 0 Å². The van der Waals surface area contributed by atoms with Gasteiger partial charge in [-0.05, 0) is 25.8 Å². The second-order valence-corrected chi connectivity index (χ2v) is 4.66. The van der Waals surface area contributed by atoms with Crippen LogP contribution in [0.1, 0.15) is 44.3 Å². The Bertz CT molecular complexity index is 340. The predicted molar refractivity (Wildman–Crippen MR) is 63.4 cm³/mol. The molecule has 5 nitrogen and oxygen atoms in total. The van der Waals surface area contributed by atoms with Crippen molar-refractivity contribution in [1.82, 2.24) is 15.0 Å². The average Bonchev–Trinajstić information content (AvgIpc) is 2.96. The lowest BCUT2D eigenvalue weighted by Crippen LogP contribution is -2.31. The number of aryl methyl sites for hydroxylation is 1. The zero-order valence-corrected chi connectivity index (χ0v) is 10.4. The van der Waals surface area contributed by atoms with Gasteiger partial charge in [-0.3, -0.25) is 4.90 Å². The van der Waals surface area contributed by atoms with Gasteiger partial charge in [-0.15, -0.1) is 0 Å². The third kappa shape index (κ3) is 3.26. The number of unbranched alkanes of at least 4 members (excludes halogenated alkanes) is 1. The lowest BCUT2D eigenvalue weighted by atomic mass is 10.2. The molecule has 96 valence electrons. The number of likely N-dealkylation sites (tertiary alicyclic amines) is 1. The van der Waals surface area contributed by atoms with Crippen molar-refractivity contribution in [3.05, 3.63) is 11.7 Å². The number of aromatic nitrogens is 2. The van der Waals surface area contributed by atoms with E-state index in [0.717, 1.165) is 44.5 Å². The third-order valence-electron chi connectivity index (χ3n) is 3.31. The fourth-order valence-corrected chi connectivity index (χ4v) is 2.27. The van der Waals surface area contributed by atoms with Crippen LogP contribution in [0.4, 0.5) is 0 Å². The number of aliphatic hydroxyl groups is 1. The first-order valence-corrected chi connectivity index (χ1v) is 6.50. The van der Waals surface area contributed by atoms with Crippen LogP contribution >= 0.6 is 0 Å². The fraction of sp³-hybridized carbons (Fsp3) is 0.833. The van der Waals surface area contributed by atoms with Crippen LogP contribution in [-0.2, 0) is 13.0 Å². The molecule has 1 aromatic rings. The van der Waals surface area contributed by atoms with Crippen LogP contribution in [0.3, 0.4) is 0 Å². The molecule has 0 aliphatic carbocycles. The van der Waals surface area contributed by atoms with E-state index in [1.54, 1.807) is 0 Å². The Hall–Kier alpha value is -0.940.